The van der Waals surface area contributed by atoms with E-state index in [1.807, 2.05) is 0 Å². The molecule has 0 aromatic carbocycles. The van der Waals surface area contributed by atoms with Crippen LogP contribution in [0.4, 0.5) is 0 Å². The van der Waals surface area contributed by atoms with Crippen molar-refractivity contribution in [3.8, 4) is 0 Å². The fourth-order valence-electron chi connectivity index (χ4n) is 2.79. The highest BCUT2D eigenvalue weighted by Gasteiger charge is 2.22. The lowest BCUT2D eigenvalue weighted by molar-refractivity contribution is 0.137. The van der Waals surface area contributed by atoms with Crippen LogP contribution in [-0.4, -0.2) is 62.2 Å². The molecule has 0 amide bonds. The molecule has 0 spiro atoms. The third kappa shape index (κ3) is 3.44. The van der Waals surface area contributed by atoms with E-state index in [-0.39, 0.29) is 0 Å². The van der Waals surface area contributed by atoms with Gasteiger partial charge in [-0.3, -0.25) is 0 Å². The lowest BCUT2D eigenvalue weighted by Crippen LogP contribution is -2.51. The Morgan fingerprint density at radius 2 is 1.93 bits per heavy atom. The van der Waals surface area contributed by atoms with Gasteiger partial charge < -0.3 is 15.1 Å². The summed E-state index contributed by atoms with van der Waals surface area (Å²) in [7, 11) is 2.24. The smallest absolute Gasteiger partial charge is 0.0167 e. The lowest BCUT2D eigenvalue weighted by Gasteiger charge is -2.37. The van der Waals surface area contributed by atoms with Crippen LogP contribution < -0.4 is 5.32 Å². The first-order valence-corrected chi connectivity index (χ1v) is 6.38. The second-order valence-corrected chi connectivity index (χ2v) is 5.36. The zero-order valence-electron chi connectivity index (χ0n) is 10.2. The number of piperazine rings is 1. The van der Waals surface area contributed by atoms with Crippen LogP contribution in [0.3, 0.4) is 0 Å². The summed E-state index contributed by atoms with van der Waals surface area (Å²) in [6.45, 7) is 9.89. The molecule has 88 valence electrons. The molecule has 2 rings (SSSR count). The van der Waals surface area contributed by atoms with Crippen molar-refractivity contribution in [1.29, 1.82) is 0 Å². The molecule has 0 radical (unpaired) electrons. The van der Waals surface area contributed by atoms with E-state index in [0.29, 0.717) is 6.04 Å². The Labute approximate surface area is 93.8 Å². The zero-order chi connectivity index (χ0) is 10.7. The minimum absolute atomic E-state index is 0.685. The largest absolute Gasteiger partial charge is 0.312 e. The molecule has 0 saturated carbocycles. The first-order valence-electron chi connectivity index (χ1n) is 6.38. The Kier molecular flexibility index (Phi) is 4.00. The Morgan fingerprint density at radius 1 is 1.20 bits per heavy atom. The molecule has 15 heavy (non-hydrogen) atoms. The molecule has 3 heteroatoms. The number of nitrogens with zero attached hydrogens (tertiary/aromatic N) is 2. The van der Waals surface area contributed by atoms with E-state index in [1.54, 1.807) is 0 Å². The third-order valence-electron chi connectivity index (χ3n) is 3.81. The van der Waals surface area contributed by atoms with E-state index >= 15 is 0 Å². The molecule has 0 aliphatic carbocycles. The maximum absolute atomic E-state index is 3.51. The van der Waals surface area contributed by atoms with Gasteiger partial charge in [-0.1, -0.05) is 0 Å². The molecule has 3 nitrogen and oxygen atoms in total. The van der Waals surface area contributed by atoms with Crippen LogP contribution in [0.25, 0.3) is 0 Å². The van der Waals surface area contributed by atoms with Crippen LogP contribution in [0.5, 0.6) is 0 Å². The summed E-state index contributed by atoms with van der Waals surface area (Å²) in [6, 6.07) is 0.685. The van der Waals surface area contributed by atoms with Crippen molar-refractivity contribution < 1.29 is 0 Å². The van der Waals surface area contributed by atoms with Gasteiger partial charge in [0.25, 0.3) is 0 Å². The van der Waals surface area contributed by atoms with Crippen molar-refractivity contribution in [3.63, 3.8) is 0 Å². The molecule has 0 aromatic rings. The molecule has 0 bridgehead atoms. The van der Waals surface area contributed by atoms with E-state index in [1.165, 1.54) is 52.1 Å². The van der Waals surface area contributed by atoms with Gasteiger partial charge in [0.2, 0.25) is 0 Å². The summed E-state index contributed by atoms with van der Waals surface area (Å²) in [5, 5.41) is 3.51. The first-order chi connectivity index (χ1) is 7.24. The highest BCUT2D eigenvalue weighted by atomic mass is 15.2. The van der Waals surface area contributed by atoms with Crippen LogP contribution in [0, 0.1) is 5.92 Å². The highest BCUT2D eigenvalue weighted by Crippen LogP contribution is 2.17. The Bertz CT molecular complexity index is 187. The summed E-state index contributed by atoms with van der Waals surface area (Å²) in [4.78, 5) is 5.11. The van der Waals surface area contributed by atoms with Crippen LogP contribution in [0.2, 0.25) is 0 Å². The maximum atomic E-state index is 3.51. The third-order valence-corrected chi connectivity index (χ3v) is 3.81. The average molecular weight is 211 g/mol. The molecule has 2 aliphatic rings. The molecular weight excluding hydrogens is 186 g/mol. The second-order valence-electron chi connectivity index (χ2n) is 5.36. The number of piperidine rings is 1. The fourth-order valence-corrected chi connectivity index (χ4v) is 2.79. The minimum atomic E-state index is 0.685. The molecule has 2 heterocycles. The van der Waals surface area contributed by atoms with Gasteiger partial charge in [-0.05, 0) is 45.8 Å². The summed E-state index contributed by atoms with van der Waals surface area (Å²) in [5.41, 5.74) is 0. The Balaban J connectivity index is 1.71. The van der Waals surface area contributed by atoms with Crippen molar-refractivity contribution in [3.05, 3.63) is 0 Å². The van der Waals surface area contributed by atoms with Crippen molar-refractivity contribution >= 4 is 0 Å². The van der Waals surface area contributed by atoms with Gasteiger partial charge in [-0.25, -0.2) is 0 Å². The SMILES string of the molecule is CC1CN(CC2CCN(C)CC2)CCN1. The molecule has 1 unspecified atom stereocenters. The van der Waals surface area contributed by atoms with Gasteiger partial charge in [-0.2, -0.15) is 0 Å². The molecule has 2 saturated heterocycles. The topological polar surface area (TPSA) is 18.5 Å². The van der Waals surface area contributed by atoms with Crippen LogP contribution in [0.1, 0.15) is 19.8 Å². The van der Waals surface area contributed by atoms with E-state index in [4.69, 9.17) is 0 Å². The standard InChI is InChI=1S/C12H25N3/c1-11-9-15(8-5-13-11)10-12-3-6-14(2)7-4-12/h11-13H,3-10H2,1-2H3. The maximum Gasteiger partial charge on any atom is 0.0167 e. The summed E-state index contributed by atoms with van der Waals surface area (Å²) >= 11 is 0. The summed E-state index contributed by atoms with van der Waals surface area (Å²) in [5.74, 6) is 0.950. The van der Waals surface area contributed by atoms with Crippen LogP contribution in [-0.2, 0) is 0 Å². The Morgan fingerprint density at radius 3 is 2.60 bits per heavy atom. The number of hydrogen-bond donors (Lipinski definition) is 1. The van der Waals surface area contributed by atoms with Gasteiger partial charge in [0.05, 0.1) is 0 Å². The molecule has 1 N–H and O–H groups in total. The molecule has 2 fully saturated rings. The molecule has 0 aromatic heterocycles. The number of likely N-dealkylation sites (tertiary alicyclic amines) is 1. The van der Waals surface area contributed by atoms with E-state index < -0.39 is 0 Å². The number of rotatable bonds is 2. The molecule has 2 aliphatic heterocycles. The van der Waals surface area contributed by atoms with E-state index in [9.17, 15) is 0 Å². The number of nitrogens with one attached hydrogen (secondary N) is 1. The van der Waals surface area contributed by atoms with Crippen molar-refractivity contribution in [1.82, 2.24) is 15.1 Å². The monoisotopic (exact) mass is 211 g/mol. The summed E-state index contributed by atoms with van der Waals surface area (Å²) < 4.78 is 0. The normalized spacial score (nSPS) is 32.0. The van der Waals surface area contributed by atoms with Gasteiger partial charge >= 0.3 is 0 Å². The van der Waals surface area contributed by atoms with Crippen molar-refractivity contribution in [2.45, 2.75) is 25.8 Å². The Hall–Kier alpha value is -0.120. The predicted molar refractivity (Wildman–Crippen MR) is 64.1 cm³/mol. The van der Waals surface area contributed by atoms with Crippen molar-refractivity contribution in [2.75, 3.05) is 46.3 Å². The van der Waals surface area contributed by atoms with Gasteiger partial charge in [0.1, 0.15) is 0 Å². The summed E-state index contributed by atoms with van der Waals surface area (Å²) in [6.07, 6.45) is 2.80. The van der Waals surface area contributed by atoms with Crippen LogP contribution >= 0.6 is 0 Å². The molecular formula is C12H25N3. The minimum Gasteiger partial charge on any atom is -0.312 e. The van der Waals surface area contributed by atoms with Crippen molar-refractivity contribution in [2.24, 2.45) is 5.92 Å². The van der Waals surface area contributed by atoms with Crippen LogP contribution in [0.15, 0.2) is 0 Å². The number of hydrogen-bond acceptors (Lipinski definition) is 3. The van der Waals surface area contributed by atoms with E-state index in [0.717, 1.165) is 5.92 Å². The highest BCUT2D eigenvalue weighted by molar-refractivity contribution is 4.79. The van der Waals surface area contributed by atoms with Gasteiger partial charge in [0.15, 0.2) is 0 Å². The second kappa shape index (κ2) is 5.28. The first kappa shape index (κ1) is 11.4. The van der Waals surface area contributed by atoms with E-state index in [2.05, 4.69) is 29.1 Å². The van der Waals surface area contributed by atoms with Gasteiger partial charge in [-0.15, -0.1) is 0 Å². The lowest BCUT2D eigenvalue weighted by atomic mass is 9.96. The van der Waals surface area contributed by atoms with Gasteiger partial charge in [0, 0.05) is 32.2 Å². The fraction of sp³-hybridized carbons (Fsp3) is 1.00. The zero-order valence-corrected chi connectivity index (χ0v) is 10.2. The molecule has 1 atom stereocenters. The predicted octanol–water partition coefficient (Wildman–Crippen LogP) is 0.622. The quantitative estimate of drug-likeness (QED) is 0.722. The average Bonchev–Trinajstić information content (AvgIpc) is 2.22.